The van der Waals surface area contributed by atoms with Gasteiger partial charge in [0.15, 0.2) is 18.0 Å². The predicted octanol–water partition coefficient (Wildman–Crippen LogP) is 2.45. The summed E-state index contributed by atoms with van der Waals surface area (Å²) in [5.74, 6) is -0.282. The highest BCUT2D eigenvalue weighted by Gasteiger charge is 2.10. The number of nitrogens with one attached hydrogen (secondary N) is 1. The molecule has 2 aromatic heterocycles. The molecule has 3 aromatic rings. The van der Waals surface area contributed by atoms with Crippen LogP contribution in [0.15, 0.2) is 48.8 Å². The third-order valence-corrected chi connectivity index (χ3v) is 3.49. The van der Waals surface area contributed by atoms with Crippen LogP contribution in [0.3, 0.4) is 0 Å². The van der Waals surface area contributed by atoms with Crippen molar-refractivity contribution in [3.05, 3.63) is 60.0 Å². The standard InChI is InChI=1S/C18H17N3O4/c1-12-10-21-8-4-7-15(17(21)19-12)25-11-16(22)20-14-6-3-5-13(9-14)18(23)24-2/h3-10H,11H2,1-2H3,(H,20,22). The van der Waals surface area contributed by atoms with Crippen molar-refractivity contribution in [2.24, 2.45) is 0 Å². The number of aryl methyl sites for hydroxylation is 1. The molecular weight excluding hydrogens is 322 g/mol. The van der Waals surface area contributed by atoms with Gasteiger partial charge in [0.2, 0.25) is 0 Å². The van der Waals surface area contributed by atoms with Gasteiger partial charge in [-0.25, -0.2) is 9.78 Å². The number of carbonyl (C=O) groups is 2. The molecule has 0 unspecified atom stereocenters. The van der Waals surface area contributed by atoms with Crippen molar-refractivity contribution in [2.75, 3.05) is 19.0 Å². The number of hydrogen-bond acceptors (Lipinski definition) is 5. The summed E-state index contributed by atoms with van der Waals surface area (Å²) in [5, 5.41) is 2.69. The number of methoxy groups -OCH3 is 1. The maximum atomic E-state index is 12.1. The van der Waals surface area contributed by atoms with Crippen LogP contribution in [0, 0.1) is 6.92 Å². The van der Waals surface area contributed by atoms with Crippen molar-refractivity contribution < 1.29 is 19.1 Å². The summed E-state index contributed by atoms with van der Waals surface area (Å²) in [5.41, 5.74) is 2.37. The molecule has 0 aliphatic heterocycles. The molecule has 3 rings (SSSR count). The topological polar surface area (TPSA) is 81.9 Å². The first-order valence-corrected chi connectivity index (χ1v) is 7.62. The van der Waals surface area contributed by atoms with E-state index in [1.165, 1.54) is 7.11 Å². The zero-order chi connectivity index (χ0) is 17.8. The fraction of sp³-hybridized carbons (Fsp3) is 0.167. The molecule has 1 N–H and O–H groups in total. The SMILES string of the molecule is COC(=O)c1cccc(NC(=O)COc2cccn3cc(C)nc23)c1. The van der Waals surface area contributed by atoms with Gasteiger partial charge in [-0.3, -0.25) is 4.79 Å². The molecule has 0 spiro atoms. The third-order valence-electron chi connectivity index (χ3n) is 3.49. The number of aromatic nitrogens is 2. The monoisotopic (exact) mass is 339 g/mol. The van der Waals surface area contributed by atoms with E-state index >= 15 is 0 Å². The Hall–Kier alpha value is -3.35. The zero-order valence-electron chi connectivity index (χ0n) is 13.9. The van der Waals surface area contributed by atoms with Crippen LogP contribution in [0.2, 0.25) is 0 Å². The lowest BCUT2D eigenvalue weighted by atomic mass is 10.2. The summed E-state index contributed by atoms with van der Waals surface area (Å²) >= 11 is 0. The summed E-state index contributed by atoms with van der Waals surface area (Å²) in [6.45, 7) is 1.71. The average Bonchev–Trinajstić information content (AvgIpc) is 3.00. The quantitative estimate of drug-likeness (QED) is 0.722. The minimum absolute atomic E-state index is 0.173. The van der Waals surface area contributed by atoms with Crippen molar-refractivity contribution in [2.45, 2.75) is 6.92 Å². The first kappa shape index (κ1) is 16.5. The van der Waals surface area contributed by atoms with Crippen LogP contribution in [0.1, 0.15) is 16.1 Å². The number of esters is 1. The summed E-state index contributed by atoms with van der Waals surface area (Å²) in [4.78, 5) is 28.0. The molecule has 0 aliphatic carbocycles. The number of benzene rings is 1. The molecule has 0 radical (unpaired) electrons. The van der Waals surface area contributed by atoms with E-state index in [-0.39, 0.29) is 12.5 Å². The van der Waals surface area contributed by atoms with Crippen LogP contribution in [0.5, 0.6) is 5.75 Å². The maximum absolute atomic E-state index is 12.1. The van der Waals surface area contributed by atoms with Gasteiger partial charge in [0, 0.05) is 18.1 Å². The van der Waals surface area contributed by atoms with Crippen molar-refractivity contribution in [3.63, 3.8) is 0 Å². The Morgan fingerprint density at radius 3 is 2.88 bits per heavy atom. The van der Waals surface area contributed by atoms with Gasteiger partial charge in [-0.05, 0) is 37.3 Å². The second-order valence-corrected chi connectivity index (χ2v) is 5.39. The molecule has 0 atom stereocenters. The first-order chi connectivity index (χ1) is 12.1. The number of anilines is 1. The smallest absolute Gasteiger partial charge is 0.337 e. The molecule has 25 heavy (non-hydrogen) atoms. The minimum Gasteiger partial charge on any atom is -0.480 e. The zero-order valence-corrected chi connectivity index (χ0v) is 13.9. The number of pyridine rings is 1. The van der Waals surface area contributed by atoms with Gasteiger partial charge in [0.05, 0.1) is 18.4 Å². The van der Waals surface area contributed by atoms with Crippen LogP contribution in [-0.2, 0) is 9.53 Å². The Kier molecular flexibility index (Phi) is 4.65. The summed E-state index contributed by atoms with van der Waals surface area (Å²) < 4.78 is 12.1. The Bertz CT molecular complexity index is 933. The fourth-order valence-electron chi connectivity index (χ4n) is 2.40. The van der Waals surface area contributed by atoms with Crippen LogP contribution in [-0.4, -0.2) is 35.0 Å². The highest BCUT2D eigenvalue weighted by molar-refractivity contribution is 5.95. The van der Waals surface area contributed by atoms with Crippen LogP contribution >= 0.6 is 0 Å². The summed E-state index contributed by atoms with van der Waals surface area (Å²) in [6, 6.07) is 10.1. The third kappa shape index (κ3) is 3.77. The lowest BCUT2D eigenvalue weighted by molar-refractivity contribution is -0.118. The van der Waals surface area contributed by atoms with Crippen LogP contribution in [0.4, 0.5) is 5.69 Å². The van der Waals surface area contributed by atoms with E-state index in [2.05, 4.69) is 15.0 Å². The second-order valence-electron chi connectivity index (χ2n) is 5.39. The van der Waals surface area contributed by atoms with E-state index in [0.717, 1.165) is 5.69 Å². The highest BCUT2D eigenvalue weighted by atomic mass is 16.5. The van der Waals surface area contributed by atoms with E-state index < -0.39 is 5.97 Å². The molecule has 7 nitrogen and oxygen atoms in total. The van der Waals surface area contributed by atoms with Crippen molar-refractivity contribution in [1.29, 1.82) is 0 Å². The van der Waals surface area contributed by atoms with Gasteiger partial charge >= 0.3 is 5.97 Å². The summed E-state index contributed by atoms with van der Waals surface area (Å²) in [7, 11) is 1.30. The normalized spacial score (nSPS) is 10.5. The van der Waals surface area contributed by atoms with Gasteiger partial charge in [0.25, 0.3) is 5.91 Å². The van der Waals surface area contributed by atoms with Gasteiger partial charge in [-0.1, -0.05) is 6.07 Å². The molecule has 0 fully saturated rings. The molecule has 128 valence electrons. The number of rotatable bonds is 5. The van der Waals surface area contributed by atoms with Gasteiger partial charge in [0.1, 0.15) is 0 Å². The molecule has 1 aromatic carbocycles. The van der Waals surface area contributed by atoms with Gasteiger partial charge in [-0.15, -0.1) is 0 Å². The van der Waals surface area contributed by atoms with E-state index in [0.29, 0.717) is 22.6 Å². The van der Waals surface area contributed by atoms with E-state index in [1.54, 1.807) is 30.3 Å². The molecule has 0 saturated carbocycles. The molecule has 0 saturated heterocycles. The Labute approximate surface area is 144 Å². The largest absolute Gasteiger partial charge is 0.480 e. The molecular formula is C18H17N3O4. The Morgan fingerprint density at radius 1 is 1.24 bits per heavy atom. The number of nitrogens with zero attached hydrogens (tertiary/aromatic N) is 2. The molecule has 2 heterocycles. The van der Waals surface area contributed by atoms with Crippen molar-refractivity contribution in [1.82, 2.24) is 9.38 Å². The van der Waals surface area contributed by atoms with Crippen molar-refractivity contribution in [3.8, 4) is 5.75 Å². The van der Waals surface area contributed by atoms with Gasteiger partial charge < -0.3 is 19.2 Å². The number of carbonyl (C=O) groups excluding carboxylic acids is 2. The minimum atomic E-state index is -0.464. The average molecular weight is 339 g/mol. The first-order valence-electron chi connectivity index (χ1n) is 7.62. The van der Waals surface area contributed by atoms with Crippen molar-refractivity contribution >= 4 is 23.2 Å². The molecule has 0 aliphatic rings. The van der Waals surface area contributed by atoms with E-state index in [4.69, 9.17) is 4.74 Å². The second kappa shape index (κ2) is 7.04. The van der Waals surface area contributed by atoms with Gasteiger partial charge in [-0.2, -0.15) is 0 Å². The molecule has 7 heteroatoms. The van der Waals surface area contributed by atoms with Crippen LogP contribution < -0.4 is 10.1 Å². The Balaban J connectivity index is 1.66. The highest BCUT2D eigenvalue weighted by Crippen LogP contribution is 2.19. The number of amides is 1. The number of ether oxygens (including phenoxy) is 2. The number of hydrogen-bond donors (Lipinski definition) is 1. The lowest BCUT2D eigenvalue weighted by Crippen LogP contribution is -2.20. The van der Waals surface area contributed by atoms with E-state index in [1.807, 2.05) is 29.8 Å². The fourth-order valence-corrected chi connectivity index (χ4v) is 2.40. The lowest BCUT2D eigenvalue weighted by Gasteiger charge is -2.09. The molecule has 1 amide bonds. The number of imidazole rings is 1. The van der Waals surface area contributed by atoms with E-state index in [9.17, 15) is 9.59 Å². The predicted molar refractivity (Wildman–Crippen MR) is 91.8 cm³/mol. The molecule has 0 bridgehead atoms. The Morgan fingerprint density at radius 2 is 2.08 bits per heavy atom. The number of fused-ring (bicyclic) bond motifs is 1. The van der Waals surface area contributed by atoms with Crippen LogP contribution in [0.25, 0.3) is 5.65 Å². The maximum Gasteiger partial charge on any atom is 0.337 e. The summed E-state index contributed by atoms with van der Waals surface area (Å²) in [6.07, 6.45) is 3.74.